The van der Waals surface area contributed by atoms with Gasteiger partial charge in [-0.1, -0.05) is 18.2 Å². The zero-order valence-corrected chi connectivity index (χ0v) is 11.4. The Hall–Kier alpha value is -1.76. The Morgan fingerprint density at radius 3 is 2.67 bits per heavy atom. The highest BCUT2D eigenvalue weighted by Crippen LogP contribution is 2.27. The summed E-state index contributed by atoms with van der Waals surface area (Å²) in [7, 11) is 0. The summed E-state index contributed by atoms with van der Waals surface area (Å²) in [5.74, 6) is 0.118. The predicted octanol–water partition coefficient (Wildman–Crippen LogP) is 2.20. The van der Waals surface area contributed by atoms with Crippen molar-refractivity contribution in [2.45, 2.75) is 25.7 Å². The molecule has 0 atom stereocenters. The zero-order chi connectivity index (χ0) is 15.3. The summed E-state index contributed by atoms with van der Waals surface area (Å²) < 4.78 is 40.7. The fourth-order valence-electron chi connectivity index (χ4n) is 1.84. The molecule has 0 heterocycles. The van der Waals surface area contributed by atoms with Crippen molar-refractivity contribution in [3.05, 3.63) is 29.8 Å². The molecule has 2 rings (SSSR count). The van der Waals surface area contributed by atoms with E-state index in [-0.39, 0.29) is 30.3 Å². The standard InChI is InChI=1S/C14H17F3N2O2/c15-14(16,17)21-12-4-2-1-3-11(12)8-19-13(20)9-18-7-10-5-6-10/h1-4,10,18H,5-9H2,(H,19,20). The largest absolute Gasteiger partial charge is 0.573 e. The molecular formula is C14H17F3N2O2. The summed E-state index contributed by atoms with van der Waals surface area (Å²) in [5, 5.41) is 5.58. The van der Waals surface area contributed by atoms with Gasteiger partial charge in [0.2, 0.25) is 5.91 Å². The van der Waals surface area contributed by atoms with E-state index in [4.69, 9.17) is 0 Å². The Bertz CT molecular complexity index is 487. The van der Waals surface area contributed by atoms with Crippen molar-refractivity contribution in [3.63, 3.8) is 0 Å². The first kappa shape index (κ1) is 15.6. The second-order valence-corrected chi connectivity index (χ2v) is 5.01. The first-order valence-electron chi connectivity index (χ1n) is 6.75. The Labute approximate surface area is 120 Å². The van der Waals surface area contributed by atoms with Crippen LogP contribution in [0, 0.1) is 5.92 Å². The minimum atomic E-state index is -4.74. The van der Waals surface area contributed by atoms with Gasteiger partial charge in [0.05, 0.1) is 6.54 Å². The molecule has 2 N–H and O–H groups in total. The summed E-state index contributed by atoms with van der Waals surface area (Å²) in [4.78, 5) is 11.6. The first-order valence-corrected chi connectivity index (χ1v) is 6.75. The van der Waals surface area contributed by atoms with Crippen LogP contribution in [0.1, 0.15) is 18.4 Å². The lowest BCUT2D eigenvalue weighted by molar-refractivity contribution is -0.274. The highest BCUT2D eigenvalue weighted by atomic mass is 19.4. The molecule has 0 saturated heterocycles. The van der Waals surface area contributed by atoms with Crippen LogP contribution < -0.4 is 15.4 Å². The van der Waals surface area contributed by atoms with Crippen molar-refractivity contribution in [1.29, 1.82) is 0 Å². The predicted molar refractivity (Wildman–Crippen MR) is 70.6 cm³/mol. The van der Waals surface area contributed by atoms with Gasteiger partial charge < -0.3 is 15.4 Å². The number of benzene rings is 1. The summed E-state index contributed by atoms with van der Waals surface area (Å²) >= 11 is 0. The Morgan fingerprint density at radius 2 is 2.00 bits per heavy atom. The topological polar surface area (TPSA) is 50.4 Å². The van der Waals surface area contributed by atoms with Crippen LogP contribution in [0.4, 0.5) is 13.2 Å². The molecule has 4 nitrogen and oxygen atoms in total. The lowest BCUT2D eigenvalue weighted by Gasteiger charge is -2.13. The molecule has 0 bridgehead atoms. The molecule has 7 heteroatoms. The maximum atomic E-state index is 12.2. The monoisotopic (exact) mass is 302 g/mol. The van der Waals surface area contributed by atoms with E-state index in [1.807, 2.05) is 0 Å². The van der Waals surface area contributed by atoms with Crippen LogP contribution in [0.2, 0.25) is 0 Å². The molecule has 0 radical (unpaired) electrons. The van der Waals surface area contributed by atoms with Crippen molar-refractivity contribution in [1.82, 2.24) is 10.6 Å². The van der Waals surface area contributed by atoms with E-state index in [1.54, 1.807) is 6.07 Å². The number of alkyl halides is 3. The van der Waals surface area contributed by atoms with Gasteiger partial charge in [0.1, 0.15) is 5.75 Å². The number of ether oxygens (including phenoxy) is 1. The Morgan fingerprint density at radius 1 is 1.29 bits per heavy atom. The summed E-state index contributed by atoms with van der Waals surface area (Å²) in [6.45, 7) is 0.968. The molecule has 1 fully saturated rings. The number of hydrogen-bond donors (Lipinski definition) is 2. The summed E-state index contributed by atoms with van der Waals surface area (Å²) in [6.07, 6.45) is -2.36. The van der Waals surface area contributed by atoms with Gasteiger partial charge in [0, 0.05) is 12.1 Å². The first-order chi connectivity index (χ1) is 9.94. The third kappa shape index (κ3) is 6.03. The zero-order valence-electron chi connectivity index (χ0n) is 11.4. The van der Waals surface area contributed by atoms with Crippen LogP contribution in [0.3, 0.4) is 0 Å². The van der Waals surface area contributed by atoms with Gasteiger partial charge in [-0.3, -0.25) is 4.79 Å². The van der Waals surface area contributed by atoms with E-state index < -0.39 is 6.36 Å². The number of carbonyl (C=O) groups excluding carboxylic acids is 1. The van der Waals surface area contributed by atoms with Crippen LogP contribution >= 0.6 is 0 Å². The average molecular weight is 302 g/mol. The number of para-hydroxylation sites is 1. The van der Waals surface area contributed by atoms with Gasteiger partial charge >= 0.3 is 6.36 Å². The fourth-order valence-corrected chi connectivity index (χ4v) is 1.84. The third-order valence-electron chi connectivity index (χ3n) is 3.09. The van der Waals surface area contributed by atoms with Crippen LogP contribution in [0.5, 0.6) is 5.75 Å². The van der Waals surface area contributed by atoms with Gasteiger partial charge in [-0.2, -0.15) is 0 Å². The van der Waals surface area contributed by atoms with Crippen molar-refractivity contribution in [2.75, 3.05) is 13.1 Å². The highest BCUT2D eigenvalue weighted by Gasteiger charge is 2.31. The molecule has 1 amide bonds. The molecule has 0 spiro atoms. The molecule has 0 aromatic heterocycles. The summed E-state index contributed by atoms with van der Waals surface area (Å²) in [5.41, 5.74) is 0.283. The van der Waals surface area contributed by atoms with Crippen molar-refractivity contribution in [2.24, 2.45) is 5.92 Å². The van der Waals surface area contributed by atoms with Crippen molar-refractivity contribution >= 4 is 5.91 Å². The van der Waals surface area contributed by atoms with Crippen molar-refractivity contribution < 1.29 is 22.7 Å². The third-order valence-corrected chi connectivity index (χ3v) is 3.09. The quantitative estimate of drug-likeness (QED) is 0.812. The molecule has 1 aliphatic rings. The van der Waals surface area contributed by atoms with E-state index >= 15 is 0 Å². The number of nitrogens with one attached hydrogen (secondary N) is 2. The second-order valence-electron chi connectivity index (χ2n) is 5.01. The van der Waals surface area contributed by atoms with Gasteiger partial charge in [-0.25, -0.2) is 0 Å². The van der Waals surface area contributed by atoms with Gasteiger partial charge in [-0.05, 0) is 31.4 Å². The molecule has 1 aliphatic carbocycles. The molecule has 116 valence electrons. The number of halogens is 3. The van der Waals surface area contributed by atoms with Gasteiger partial charge in [-0.15, -0.1) is 13.2 Å². The van der Waals surface area contributed by atoms with Crippen LogP contribution in [0.25, 0.3) is 0 Å². The van der Waals surface area contributed by atoms with Crippen molar-refractivity contribution in [3.8, 4) is 5.75 Å². The van der Waals surface area contributed by atoms with E-state index in [1.165, 1.54) is 31.0 Å². The van der Waals surface area contributed by atoms with Crippen LogP contribution in [0.15, 0.2) is 24.3 Å². The van der Waals surface area contributed by atoms with E-state index in [2.05, 4.69) is 15.4 Å². The van der Waals surface area contributed by atoms with Crippen LogP contribution in [-0.4, -0.2) is 25.4 Å². The van der Waals surface area contributed by atoms with Gasteiger partial charge in [0.25, 0.3) is 0 Å². The molecule has 1 saturated carbocycles. The average Bonchev–Trinajstić information content (AvgIpc) is 3.20. The maximum Gasteiger partial charge on any atom is 0.573 e. The normalized spacial score (nSPS) is 14.8. The number of carbonyl (C=O) groups is 1. The lowest BCUT2D eigenvalue weighted by Crippen LogP contribution is -2.34. The van der Waals surface area contributed by atoms with E-state index in [9.17, 15) is 18.0 Å². The SMILES string of the molecule is O=C(CNCC1CC1)NCc1ccccc1OC(F)(F)F. The van der Waals surface area contributed by atoms with Gasteiger partial charge in [0.15, 0.2) is 0 Å². The van der Waals surface area contributed by atoms with E-state index in [0.29, 0.717) is 5.92 Å². The van der Waals surface area contributed by atoms with Crippen LogP contribution in [-0.2, 0) is 11.3 Å². The van der Waals surface area contributed by atoms with E-state index in [0.717, 1.165) is 6.54 Å². The second kappa shape index (κ2) is 6.80. The molecule has 0 aliphatic heterocycles. The number of rotatable bonds is 7. The molecule has 1 aromatic carbocycles. The maximum absolute atomic E-state index is 12.2. The molecule has 0 unspecified atom stereocenters. The number of amides is 1. The Kier molecular flexibility index (Phi) is 5.06. The molecular weight excluding hydrogens is 285 g/mol. The number of hydrogen-bond acceptors (Lipinski definition) is 3. The minimum Gasteiger partial charge on any atom is -0.405 e. The fraction of sp³-hybridized carbons (Fsp3) is 0.500. The smallest absolute Gasteiger partial charge is 0.405 e. The summed E-state index contributed by atoms with van der Waals surface area (Å²) in [6, 6.07) is 5.75. The Balaban J connectivity index is 1.79. The molecule has 1 aromatic rings. The lowest BCUT2D eigenvalue weighted by atomic mass is 10.2. The highest BCUT2D eigenvalue weighted by molar-refractivity contribution is 5.78. The minimum absolute atomic E-state index is 0.00377. The molecule has 21 heavy (non-hydrogen) atoms.